The van der Waals surface area contributed by atoms with Crippen LogP contribution in [0, 0.1) is 11.3 Å². The molecule has 0 spiro atoms. The maximum Gasteiger partial charge on any atom is 0.145 e. The Morgan fingerprint density at radius 2 is 1.00 bits per heavy atom. The zero-order valence-electron chi connectivity index (χ0n) is 26.5. The van der Waals surface area contributed by atoms with Gasteiger partial charge in [-0.15, -0.1) is 0 Å². The van der Waals surface area contributed by atoms with Crippen LogP contribution >= 0.6 is 0 Å². The fourth-order valence-electron chi connectivity index (χ4n) is 6.82. The molecule has 0 aliphatic rings. The van der Waals surface area contributed by atoms with Crippen LogP contribution in [0.4, 0.5) is 0 Å². The number of nitrogens with zero attached hydrogens (tertiary/aromatic N) is 4. The van der Waals surface area contributed by atoms with E-state index in [2.05, 4.69) is 138 Å². The number of nitriles is 1. The molecule has 0 radical (unpaired) electrons. The molecule has 7 aromatic carbocycles. The van der Waals surface area contributed by atoms with Crippen molar-refractivity contribution >= 4 is 32.7 Å². The van der Waals surface area contributed by atoms with Crippen molar-refractivity contribution in [3.05, 3.63) is 175 Å². The third-order valence-electron chi connectivity index (χ3n) is 9.26. The fraction of sp³-hybridized carbons (Fsp3) is 0. The Balaban J connectivity index is 1.21. The van der Waals surface area contributed by atoms with Gasteiger partial charge in [-0.3, -0.25) is 4.57 Å². The van der Waals surface area contributed by atoms with Gasteiger partial charge in [-0.1, -0.05) is 133 Å². The molecule has 0 bridgehead atoms. The molecule has 0 saturated heterocycles. The van der Waals surface area contributed by atoms with E-state index in [1.165, 1.54) is 0 Å². The molecule has 2 heterocycles. The third kappa shape index (κ3) is 4.93. The standard InChI is InChI=1S/C45H28N4/c46-29-30-15-17-31(18-16-30)32-19-21-33(22-20-32)34-23-25-35(26-24-34)43-42-39(38-13-7-8-14-40(38)47-43)27-28-41-44(42)48-45(36-9-3-1-4-10-36)49(41)37-11-5-2-6-12-37/h1-28H. The lowest BCUT2D eigenvalue weighted by molar-refractivity contribution is 1.10. The largest absolute Gasteiger partial charge is 0.292 e. The van der Waals surface area contributed by atoms with Crippen molar-refractivity contribution in [2.24, 2.45) is 0 Å². The monoisotopic (exact) mass is 624 g/mol. The molecule has 0 aliphatic heterocycles. The highest BCUT2D eigenvalue weighted by Crippen LogP contribution is 2.40. The predicted molar refractivity (Wildman–Crippen MR) is 200 cm³/mol. The topological polar surface area (TPSA) is 54.5 Å². The summed E-state index contributed by atoms with van der Waals surface area (Å²) in [4.78, 5) is 10.7. The Bertz CT molecular complexity index is 2670. The van der Waals surface area contributed by atoms with Crippen molar-refractivity contribution in [1.82, 2.24) is 14.5 Å². The van der Waals surface area contributed by atoms with Crippen LogP contribution in [0.25, 0.3) is 83.3 Å². The van der Waals surface area contributed by atoms with Crippen molar-refractivity contribution in [1.29, 1.82) is 5.26 Å². The summed E-state index contributed by atoms with van der Waals surface area (Å²) in [5, 5.41) is 12.4. The number of pyridine rings is 1. The molecule has 0 atom stereocenters. The second-order valence-corrected chi connectivity index (χ2v) is 12.1. The number of para-hydroxylation sites is 2. The summed E-state index contributed by atoms with van der Waals surface area (Å²) in [7, 11) is 0. The number of fused-ring (bicyclic) bond motifs is 5. The Labute approximate surface area is 283 Å². The Kier molecular flexibility index (Phi) is 6.81. The van der Waals surface area contributed by atoms with Crippen molar-refractivity contribution < 1.29 is 0 Å². The van der Waals surface area contributed by atoms with Gasteiger partial charge in [-0.2, -0.15) is 5.26 Å². The van der Waals surface area contributed by atoms with Gasteiger partial charge in [-0.25, -0.2) is 9.97 Å². The van der Waals surface area contributed by atoms with E-state index in [-0.39, 0.29) is 0 Å². The minimum atomic E-state index is 0.663. The normalized spacial score (nSPS) is 11.2. The molecule has 0 unspecified atom stereocenters. The lowest BCUT2D eigenvalue weighted by Crippen LogP contribution is -1.97. The molecule has 0 amide bonds. The lowest BCUT2D eigenvalue weighted by Gasteiger charge is -2.13. The molecule has 228 valence electrons. The van der Waals surface area contributed by atoms with E-state index in [0.717, 1.165) is 83.3 Å². The molecule has 4 heteroatoms. The maximum atomic E-state index is 9.14. The maximum absolute atomic E-state index is 9.14. The molecule has 0 saturated carbocycles. The Morgan fingerprint density at radius 1 is 0.449 bits per heavy atom. The first-order chi connectivity index (χ1) is 24.2. The molecular formula is C45H28N4. The van der Waals surface area contributed by atoms with Crippen LogP contribution in [0.3, 0.4) is 0 Å². The van der Waals surface area contributed by atoms with Crippen molar-refractivity contribution in [3.8, 4) is 56.7 Å². The van der Waals surface area contributed by atoms with E-state index in [1.807, 2.05) is 42.5 Å². The zero-order valence-corrected chi connectivity index (χ0v) is 26.5. The van der Waals surface area contributed by atoms with Crippen LogP contribution in [-0.2, 0) is 0 Å². The van der Waals surface area contributed by atoms with Gasteiger partial charge in [0.2, 0.25) is 0 Å². The lowest BCUT2D eigenvalue weighted by atomic mass is 9.96. The molecule has 9 aromatic rings. The van der Waals surface area contributed by atoms with Crippen LogP contribution in [0.2, 0.25) is 0 Å². The highest BCUT2D eigenvalue weighted by molar-refractivity contribution is 6.20. The van der Waals surface area contributed by atoms with Gasteiger partial charge in [0.1, 0.15) is 5.82 Å². The second-order valence-electron chi connectivity index (χ2n) is 12.1. The highest BCUT2D eigenvalue weighted by Gasteiger charge is 2.20. The third-order valence-corrected chi connectivity index (χ3v) is 9.26. The quantitative estimate of drug-likeness (QED) is 0.179. The molecule has 4 nitrogen and oxygen atoms in total. The predicted octanol–water partition coefficient (Wildman–Crippen LogP) is 11.3. The minimum absolute atomic E-state index is 0.663. The van der Waals surface area contributed by atoms with Crippen LogP contribution < -0.4 is 0 Å². The van der Waals surface area contributed by atoms with Gasteiger partial charge in [-0.05, 0) is 64.0 Å². The smallest absolute Gasteiger partial charge is 0.145 e. The van der Waals surface area contributed by atoms with E-state index in [0.29, 0.717) is 5.56 Å². The number of hydrogen-bond donors (Lipinski definition) is 0. The van der Waals surface area contributed by atoms with Crippen LogP contribution in [0.1, 0.15) is 5.56 Å². The molecule has 0 aliphatic carbocycles. The average molecular weight is 625 g/mol. The average Bonchev–Trinajstić information content (AvgIpc) is 3.58. The number of aromatic nitrogens is 3. The van der Waals surface area contributed by atoms with Gasteiger partial charge in [0, 0.05) is 27.6 Å². The second kappa shape index (κ2) is 11.8. The molecular weight excluding hydrogens is 597 g/mol. The van der Waals surface area contributed by atoms with Gasteiger partial charge < -0.3 is 0 Å². The number of imidazole rings is 1. The summed E-state index contributed by atoms with van der Waals surface area (Å²) >= 11 is 0. The summed E-state index contributed by atoms with van der Waals surface area (Å²) in [5.74, 6) is 0.896. The van der Waals surface area contributed by atoms with E-state index in [4.69, 9.17) is 15.2 Å². The van der Waals surface area contributed by atoms with E-state index in [9.17, 15) is 0 Å². The zero-order chi connectivity index (χ0) is 32.7. The SMILES string of the molecule is N#Cc1ccc(-c2ccc(-c3ccc(-c4nc5ccccc5c5ccc6c(nc(-c7ccccc7)n6-c6ccccc6)c45)cc3)cc2)cc1. The summed E-state index contributed by atoms with van der Waals surface area (Å²) in [5.41, 5.74) is 12.1. The molecule has 9 rings (SSSR count). The molecule has 0 N–H and O–H groups in total. The Hall–Kier alpha value is -6.83. The summed E-state index contributed by atoms with van der Waals surface area (Å²) in [6.07, 6.45) is 0. The summed E-state index contributed by atoms with van der Waals surface area (Å²) < 4.78 is 2.26. The van der Waals surface area contributed by atoms with Crippen LogP contribution in [-0.4, -0.2) is 14.5 Å². The minimum Gasteiger partial charge on any atom is -0.292 e. The van der Waals surface area contributed by atoms with Gasteiger partial charge in [0.05, 0.1) is 33.9 Å². The Morgan fingerprint density at radius 3 is 1.63 bits per heavy atom. The highest BCUT2D eigenvalue weighted by atomic mass is 15.1. The molecule has 0 fully saturated rings. The number of hydrogen-bond acceptors (Lipinski definition) is 3. The van der Waals surface area contributed by atoms with Crippen molar-refractivity contribution in [2.45, 2.75) is 0 Å². The van der Waals surface area contributed by atoms with Crippen LogP contribution in [0.5, 0.6) is 0 Å². The van der Waals surface area contributed by atoms with E-state index in [1.54, 1.807) is 0 Å². The number of benzene rings is 7. The first-order valence-corrected chi connectivity index (χ1v) is 16.3. The van der Waals surface area contributed by atoms with E-state index >= 15 is 0 Å². The van der Waals surface area contributed by atoms with Gasteiger partial charge in [0.25, 0.3) is 0 Å². The van der Waals surface area contributed by atoms with E-state index < -0.39 is 0 Å². The van der Waals surface area contributed by atoms with Gasteiger partial charge in [0.15, 0.2) is 0 Å². The fourth-order valence-corrected chi connectivity index (χ4v) is 6.82. The van der Waals surface area contributed by atoms with Gasteiger partial charge >= 0.3 is 0 Å². The number of rotatable bonds is 5. The first-order valence-electron chi connectivity index (χ1n) is 16.3. The van der Waals surface area contributed by atoms with Crippen LogP contribution in [0.15, 0.2) is 170 Å². The molecule has 2 aromatic heterocycles. The van der Waals surface area contributed by atoms with Crippen molar-refractivity contribution in [3.63, 3.8) is 0 Å². The summed E-state index contributed by atoms with van der Waals surface area (Å²) in [6.45, 7) is 0. The molecule has 49 heavy (non-hydrogen) atoms. The van der Waals surface area contributed by atoms with Crippen molar-refractivity contribution in [2.75, 3.05) is 0 Å². The first kappa shape index (κ1) is 28.4. The summed E-state index contributed by atoms with van der Waals surface area (Å²) in [6, 6.07) is 60.8.